The predicted molar refractivity (Wildman–Crippen MR) is 88.8 cm³/mol. The van der Waals surface area contributed by atoms with E-state index in [1.807, 2.05) is 35.2 Å². The Bertz CT molecular complexity index is 575. The van der Waals surface area contributed by atoms with E-state index < -0.39 is 11.1 Å². The molecule has 3 nitrogen and oxygen atoms in total. The average Bonchev–Trinajstić information content (AvgIpc) is 2.95. The van der Waals surface area contributed by atoms with E-state index in [2.05, 4.69) is 4.98 Å². The lowest BCUT2D eigenvalue weighted by atomic mass is 10.1. The van der Waals surface area contributed by atoms with Gasteiger partial charge in [0.25, 0.3) is 0 Å². The molecule has 0 aliphatic rings. The highest BCUT2D eigenvalue weighted by Crippen LogP contribution is 2.33. The van der Waals surface area contributed by atoms with Gasteiger partial charge in [0.15, 0.2) is 0 Å². The van der Waals surface area contributed by atoms with Crippen LogP contribution in [0.15, 0.2) is 36.5 Å². The van der Waals surface area contributed by atoms with Crippen molar-refractivity contribution in [1.29, 1.82) is 0 Å². The summed E-state index contributed by atoms with van der Waals surface area (Å²) >= 11 is 0.697. The smallest absolute Gasteiger partial charge is 0.329 e. The van der Waals surface area contributed by atoms with Crippen LogP contribution in [-0.4, -0.2) is 29.5 Å². The quantitative estimate of drug-likeness (QED) is 0.815. The van der Waals surface area contributed by atoms with Gasteiger partial charge in [-0.3, -0.25) is 4.90 Å². The van der Waals surface area contributed by atoms with Gasteiger partial charge in [-0.15, -0.1) is 23.7 Å². The molecule has 23 heavy (non-hydrogen) atoms. The minimum atomic E-state index is -4.32. The molecular formula is C15H19ClF3N3S. The van der Waals surface area contributed by atoms with Gasteiger partial charge in [-0.2, -0.15) is 13.2 Å². The van der Waals surface area contributed by atoms with Crippen LogP contribution in [-0.2, 0) is 19.1 Å². The second-order valence-corrected chi connectivity index (χ2v) is 6.03. The van der Waals surface area contributed by atoms with Crippen LogP contribution in [0.3, 0.4) is 0 Å². The average molecular weight is 366 g/mol. The summed E-state index contributed by atoms with van der Waals surface area (Å²) in [6.45, 7) is 2.23. The molecule has 0 spiro atoms. The lowest BCUT2D eigenvalue weighted by Crippen LogP contribution is -2.31. The Morgan fingerprint density at radius 3 is 2.39 bits per heavy atom. The van der Waals surface area contributed by atoms with E-state index in [1.165, 1.54) is 5.56 Å². The number of nitrogens with zero attached hydrogens (tertiary/aromatic N) is 2. The van der Waals surface area contributed by atoms with E-state index in [0.29, 0.717) is 36.0 Å². The molecule has 0 fully saturated rings. The van der Waals surface area contributed by atoms with Gasteiger partial charge in [0.2, 0.25) is 0 Å². The zero-order valence-electron chi connectivity index (χ0n) is 12.4. The Kier molecular flexibility index (Phi) is 7.98. The number of thiazole rings is 1. The van der Waals surface area contributed by atoms with Crippen molar-refractivity contribution in [3.05, 3.63) is 52.0 Å². The van der Waals surface area contributed by atoms with Crippen LogP contribution in [0.25, 0.3) is 0 Å². The number of rotatable bonds is 7. The van der Waals surface area contributed by atoms with Crippen molar-refractivity contribution < 1.29 is 13.2 Å². The molecule has 1 heterocycles. The summed E-state index contributed by atoms with van der Waals surface area (Å²) in [5.74, 6) is 0. The summed E-state index contributed by atoms with van der Waals surface area (Å²) in [6, 6.07) is 9.96. The number of hydrogen-bond acceptors (Lipinski definition) is 4. The third-order valence-corrected chi connectivity index (χ3v) is 4.22. The highest BCUT2D eigenvalue weighted by molar-refractivity contribution is 7.11. The molecule has 128 valence electrons. The van der Waals surface area contributed by atoms with Crippen LogP contribution >= 0.6 is 23.7 Å². The van der Waals surface area contributed by atoms with Crippen molar-refractivity contribution in [1.82, 2.24) is 9.88 Å². The molecule has 0 bridgehead atoms. The molecule has 0 atom stereocenters. The highest BCUT2D eigenvalue weighted by atomic mass is 35.5. The molecule has 0 aliphatic heterocycles. The summed E-state index contributed by atoms with van der Waals surface area (Å²) in [5.41, 5.74) is 6.78. The standard InChI is InChI=1S/C15H18F3N3S.ClH/c16-15(17,18)13-10-20-14(22-13)11-21(9-7-19)8-6-12-4-2-1-3-5-12;/h1-5,10H,6-9,11,19H2;1H. The third kappa shape index (κ3) is 6.47. The van der Waals surface area contributed by atoms with Crippen LogP contribution in [0.2, 0.25) is 0 Å². The molecule has 8 heteroatoms. The molecule has 2 rings (SSSR count). The summed E-state index contributed by atoms with van der Waals surface area (Å²) < 4.78 is 37.8. The zero-order valence-corrected chi connectivity index (χ0v) is 14.1. The predicted octanol–water partition coefficient (Wildman–Crippen LogP) is 3.59. The number of hydrogen-bond donors (Lipinski definition) is 1. The molecule has 0 amide bonds. The monoisotopic (exact) mass is 365 g/mol. The lowest BCUT2D eigenvalue weighted by Gasteiger charge is -2.20. The van der Waals surface area contributed by atoms with Crippen LogP contribution in [0.1, 0.15) is 15.4 Å². The summed E-state index contributed by atoms with van der Waals surface area (Å²) in [4.78, 5) is 5.26. The SMILES string of the molecule is Cl.NCCN(CCc1ccccc1)Cc1ncc(C(F)(F)F)s1. The summed E-state index contributed by atoms with van der Waals surface area (Å²) in [6.07, 6.45) is -2.59. The molecule has 0 unspecified atom stereocenters. The Morgan fingerprint density at radius 2 is 1.83 bits per heavy atom. The van der Waals surface area contributed by atoms with Gasteiger partial charge in [-0.05, 0) is 12.0 Å². The third-order valence-electron chi connectivity index (χ3n) is 3.20. The van der Waals surface area contributed by atoms with Crippen molar-refractivity contribution in [3.63, 3.8) is 0 Å². The molecule has 1 aromatic carbocycles. The van der Waals surface area contributed by atoms with E-state index in [9.17, 15) is 13.2 Å². The summed E-state index contributed by atoms with van der Waals surface area (Å²) in [5, 5.41) is 0.467. The van der Waals surface area contributed by atoms with Crippen molar-refractivity contribution >= 4 is 23.7 Å². The number of nitrogens with two attached hydrogens (primary N) is 1. The second-order valence-electron chi connectivity index (χ2n) is 4.92. The van der Waals surface area contributed by atoms with Gasteiger partial charge in [0.1, 0.15) is 9.88 Å². The molecule has 0 aliphatic carbocycles. The fourth-order valence-electron chi connectivity index (χ4n) is 2.09. The van der Waals surface area contributed by atoms with E-state index >= 15 is 0 Å². The lowest BCUT2D eigenvalue weighted by molar-refractivity contribution is -0.134. The fourth-order valence-corrected chi connectivity index (χ4v) is 2.92. The van der Waals surface area contributed by atoms with Crippen molar-refractivity contribution in [2.24, 2.45) is 5.73 Å². The van der Waals surface area contributed by atoms with Gasteiger partial charge in [-0.1, -0.05) is 30.3 Å². The maximum atomic E-state index is 12.6. The zero-order chi connectivity index (χ0) is 16.0. The van der Waals surface area contributed by atoms with Crippen molar-refractivity contribution in [2.45, 2.75) is 19.1 Å². The van der Waals surface area contributed by atoms with Crippen LogP contribution in [0.4, 0.5) is 13.2 Å². The van der Waals surface area contributed by atoms with Gasteiger partial charge >= 0.3 is 6.18 Å². The molecule has 2 aromatic rings. The minimum absolute atomic E-state index is 0. The molecular weight excluding hydrogens is 347 g/mol. The largest absolute Gasteiger partial charge is 0.427 e. The van der Waals surface area contributed by atoms with Gasteiger partial charge in [0, 0.05) is 19.6 Å². The topological polar surface area (TPSA) is 42.1 Å². The molecule has 0 saturated heterocycles. The van der Waals surface area contributed by atoms with Gasteiger partial charge < -0.3 is 5.73 Å². The first-order valence-corrected chi connectivity index (χ1v) is 7.79. The van der Waals surface area contributed by atoms with Crippen LogP contribution in [0.5, 0.6) is 0 Å². The number of aromatic nitrogens is 1. The van der Waals surface area contributed by atoms with Crippen molar-refractivity contribution in [3.8, 4) is 0 Å². The van der Waals surface area contributed by atoms with E-state index in [-0.39, 0.29) is 12.4 Å². The molecule has 0 radical (unpaired) electrons. The van der Waals surface area contributed by atoms with E-state index in [4.69, 9.17) is 5.73 Å². The summed E-state index contributed by atoms with van der Waals surface area (Å²) in [7, 11) is 0. The normalized spacial score (nSPS) is 11.5. The first-order valence-electron chi connectivity index (χ1n) is 6.97. The Hall–Kier alpha value is -1.15. The number of alkyl halides is 3. The van der Waals surface area contributed by atoms with Crippen LogP contribution < -0.4 is 5.73 Å². The Labute approximate surface area is 143 Å². The van der Waals surface area contributed by atoms with E-state index in [1.54, 1.807) is 0 Å². The fraction of sp³-hybridized carbons (Fsp3) is 0.400. The Morgan fingerprint density at radius 1 is 1.13 bits per heavy atom. The maximum absolute atomic E-state index is 12.6. The Balaban J connectivity index is 0.00000264. The first kappa shape index (κ1) is 19.9. The molecule has 0 saturated carbocycles. The number of benzene rings is 1. The maximum Gasteiger partial charge on any atom is 0.427 e. The number of halogens is 4. The molecule has 1 aromatic heterocycles. The minimum Gasteiger partial charge on any atom is -0.329 e. The van der Waals surface area contributed by atoms with Crippen LogP contribution in [0, 0.1) is 0 Å². The van der Waals surface area contributed by atoms with Gasteiger partial charge in [-0.25, -0.2) is 4.98 Å². The van der Waals surface area contributed by atoms with Gasteiger partial charge in [0.05, 0.1) is 12.7 Å². The molecule has 2 N–H and O–H groups in total. The highest BCUT2D eigenvalue weighted by Gasteiger charge is 2.33. The van der Waals surface area contributed by atoms with Crippen molar-refractivity contribution in [2.75, 3.05) is 19.6 Å². The van der Waals surface area contributed by atoms with E-state index in [0.717, 1.165) is 19.2 Å². The second kappa shape index (κ2) is 9.22. The first-order chi connectivity index (χ1) is 10.5.